The monoisotopic (exact) mass is 160 g/mol. The minimum Gasteiger partial charge on any atom is -0.324 e. The molecule has 0 bridgehead atoms. The molecule has 1 aromatic carbocycles. The van der Waals surface area contributed by atoms with Gasteiger partial charge in [0.1, 0.15) is 0 Å². The second-order valence-corrected chi connectivity index (χ2v) is 2.97. The molecule has 0 spiro atoms. The summed E-state index contributed by atoms with van der Waals surface area (Å²) in [5, 5.41) is 8.73. The van der Waals surface area contributed by atoms with Gasteiger partial charge in [-0.25, -0.2) is 0 Å². The van der Waals surface area contributed by atoms with Crippen LogP contribution in [0.25, 0.3) is 0 Å². The molecule has 0 aliphatic heterocycles. The lowest BCUT2D eigenvalue weighted by Gasteiger charge is -2.06. The van der Waals surface area contributed by atoms with Gasteiger partial charge in [0.15, 0.2) is 0 Å². The van der Waals surface area contributed by atoms with Crippen LogP contribution in [0, 0.1) is 18.3 Å². The van der Waals surface area contributed by atoms with E-state index in [0.29, 0.717) is 5.56 Å². The largest absolute Gasteiger partial charge is 0.324 e. The van der Waals surface area contributed by atoms with Crippen molar-refractivity contribution >= 4 is 0 Å². The number of nitrogens with two attached hydrogens (primary N) is 1. The molecule has 0 radical (unpaired) electrons. The number of nitrogens with zero attached hydrogens (tertiary/aromatic N) is 1. The van der Waals surface area contributed by atoms with E-state index in [0.717, 1.165) is 11.1 Å². The van der Waals surface area contributed by atoms with E-state index in [1.807, 2.05) is 32.0 Å². The van der Waals surface area contributed by atoms with Crippen molar-refractivity contribution in [3.05, 3.63) is 34.9 Å². The van der Waals surface area contributed by atoms with Crippen LogP contribution in [-0.2, 0) is 0 Å². The Morgan fingerprint density at radius 3 is 2.67 bits per heavy atom. The second-order valence-electron chi connectivity index (χ2n) is 2.97. The van der Waals surface area contributed by atoms with Crippen molar-refractivity contribution in [2.75, 3.05) is 0 Å². The molecule has 2 heteroatoms. The molecule has 0 aromatic heterocycles. The number of aryl methyl sites for hydroxylation is 1. The zero-order valence-corrected chi connectivity index (χ0v) is 7.33. The Morgan fingerprint density at radius 2 is 2.17 bits per heavy atom. The lowest BCUT2D eigenvalue weighted by Crippen LogP contribution is -2.05. The molecule has 12 heavy (non-hydrogen) atoms. The van der Waals surface area contributed by atoms with E-state index in [-0.39, 0.29) is 6.04 Å². The Bertz CT molecular complexity index is 321. The highest BCUT2D eigenvalue weighted by molar-refractivity contribution is 5.40. The molecular formula is C10H12N2. The average molecular weight is 160 g/mol. The molecule has 62 valence electrons. The van der Waals surface area contributed by atoms with Crippen molar-refractivity contribution in [3.8, 4) is 6.07 Å². The van der Waals surface area contributed by atoms with Crippen LogP contribution in [0.4, 0.5) is 0 Å². The predicted molar refractivity (Wildman–Crippen MR) is 48.5 cm³/mol. The molecule has 1 rings (SSSR count). The summed E-state index contributed by atoms with van der Waals surface area (Å²) >= 11 is 0. The molecule has 0 aliphatic carbocycles. The van der Waals surface area contributed by atoms with Crippen molar-refractivity contribution in [2.24, 2.45) is 5.73 Å². The van der Waals surface area contributed by atoms with Gasteiger partial charge in [-0.05, 0) is 31.0 Å². The van der Waals surface area contributed by atoms with E-state index < -0.39 is 0 Å². The van der Waals surface area contributed by atoms with Crippen molar-refractivity contribution in [3.63, 3.8) is 0 Å². The fourth-order valence-corrected chi connectivity index (χ4v) is 1.04. The van der Waals surface area contributed by atoms with E-state index in [1.54, 1.807) is 0 Å². The third-order valence-electron chi connectivity index (χ3n) is 1.91. The molecule has 1 atom stereocenters. The molecule has 2 N–H and O–H groups in total. The van der Waals surface area contributed by atoms with Gasteiger partial charge in [0.25, 0.3) is 0 Å². The van der Waals surface area contributed by atoms with E-state index in [1.165, 1.54) is 0 Å². The number of benzene rings is 1. The lowest BCUT2D eigenvalue weighted by atomic mass is 10.0. The van der Waals surface area contributed by atoms with Crippen LogP contribution in [-0.4, -0.2) is 0 Å². The summed E-state index contributed by atoms with van der Waals surface area (Å²) in [6.45, 7) is 3.83. The number of hydrogen-bond acceptors (Lipinski definition) is 2. The topological polar surface area (TPSA) is 49.8 Å². The number of hydrogen-bond donors (Lipinski definition) is 1. The summed E-state index contributed by atoms with van der Waals surface area (Å²) in [6, 6.07) is 7.87. The maximum Gasteiger partial charge on any atom is 0.0994 e. The highest BCUT2D eigenvalue weighted by Gasteiger charge is 2.02. The average Bonchev–Trinajstić information content (AvgIpc) is 2.05. The molecule has 2 nitrogen and oxygen atoms in total. The zero-order chi connectivity index (χ0) is 9.14. The maximum atomic E-state index is 8.73. The first-order chi connectivity index (χ1) is 5.65. The lowest BCUT2D eigenvalue weighted by molar-refractivity contribution is 0.817. The summed E-state index contributed by atoms with van der Waals surface area (Å²) in [5.41, 5.74) is 8.40. The van der Waals surface area contributed by atoms with Crippen LogP contribution in [0.3, 0.4) is 0 Å². The van der Waals surface area contributed by atoms with E-state index in [9.17, 15) is 0 Å². The van der Waals surface area contributed by atoms with Gasteiger partial charge < -0.3 is 5.73 Å². The first-order valence-corrected chi connectivity index (χ1v) is 3.91. The van der Waals surface area contributed by atoms with Crippen LogP contribution >= 0.6 is 0 Å². The molecule has 0 saturated carbocycles. The number of nitriles is 1. The molecule has 0 heterocycles. The van der Waals surface area contributed by atoms with Crippen LogP contribution in [0.15, 0.2) is 18.2 Å². The van der Waals surface area contributed by atoms with Crippen molar-refractivity contribution in [1.29, 1.82) is 5.26 Å². The zero-order valence-electron chi connectivity index (χ0n) is 7.33. The Morgan fingerprint density at radius 1 is 1.50 bits per heavy atom. The van der Waals surface area contributed by atoms with Crippen molar-refractivity contribution < 1.29 is 0 Å². The minimum atomic E-state index is -0.00213. The Labute approximate surface area is 72.6 Å². The van der Waals surface area contributed by atoms with Crippen LogP contribution in [0.5, 0.6) is 0 Å². The normalized spacial score (nSPS) is 12.2. The SMILES string of the molecule is Cc1ccc(C(C)N)cc1C#N. The van der Waals surface area contributed by atoms with Gasteiger partial charge in [0.2, 0.25) is 0 Å². The van der Waals surface area contributed by atoms with E-state index in [2.05, 4.69) is 6.07 Å². The van der Waals surface area contributed by atoms with Crippen LogP contribution in [0.1, 0.15) is 29.7 Å². The molecule has 1 aromatic rings. The van der Waals surface area contributed by atoms with Gasteiger partial charge in [0, 0.05) is 6.04 Å². The summed E-state index contributed by atoms with van der Waals surface area (Å²) in [6.07, 6.45) is 0. The molecule has 0 saturated heterocycles. The summed E-state index contributed by atoms with van der Waals surface area (Å²) in [4.78, 5) is 0. The quantitative estimate of drug-likeness (QED) is 0.682. The summed E-state index contributed by atoms with van der Waals surface area (Å²) < 4.78 is 0. The summed E-state index contributed by atoms with van der Waals surface area (Å²) in [7, 11) is 0. The smallest absolute Gasteiger partial charge is 0.0994 e. The number of rotatable bonds is 1. The molecule has 0 fully saturated rings. The molecule has 0 amide bonds. The van der Waals surface area contributed by atoms with E-state index in [4.69, 9.17) is 11.0 Å². The van der Waals surface area contributed by atoms with Gasteiger partial charge in [-0.1, -0.05) is 12.1 Å². The Hall–Kier alpha value is -1.33. The van der Waals surface area contributed by atoms with Crippen LogP contribution < -0.4 is 5.73 Å². The second kappa shape index (κ2) is 3.38. The predicted octanol–water partition coefficient (Wildman–Crippen LogP) is 1.89. The van der Waals surface area contributed by atoms with E-state index >= 15 is 0 Å². The van der Waals surface area contributed by atoms with Crippen molar-refractivity contribution in [1.82, 2.24) is 0 Å². The molecule has 1 unspecified atom stereocenters. The van der Waals surface area contributed by atoms with Gasteiger partial charge in [-0.15, -0.1) is 0 Å². The summed E-state index contributed by atoms with van der Waals surface area (Å²) in [5.74, 6) is 0. The molecule has 0 aliphatic rings. The standard InChI is InChI=1S/C10H12N2/c1-7-3-4-9(8(2)12)5-10(7)6-11/h3-5,8H,12H2,1-2H3. The fraction of sp³-hybridized carbons (Fsp3) is 0.300. The fourth-order valence-electron chi connectivity index (χ4n) is 1.04. The first-order valence-electron chi connectivity index (χ1n) is 3.91. The van der Waals surface area contributed by atoms with Gasteiger partial charge in [-0.3, -0.25) is 0 Å². The van der Waals surface area contributed by atoms with Gasteiger partial charge in [0.05, 0.1) is 11.6 Å². The Kier molecular flexibility index (Phi) is 2.47. The maximum absolute atomic E-state index is 8.73. The highest BCUT2D eigenvalue weighted by Crippen LogP contribution is 2.14. The highest BCUT2D eigenvalue weighted by atomic mass is 14.6. The minimum absolute atomic E-state index is 0.00213. The van der Waals surface area contributed by atoms with Gasteiger partial charge >= 0.3 is 0 Å². The van der Waals surface area contributed by atoms with Crippen LogP contribution in [0.2, 0.25) is 0 Å². The molecular weight excluding hydrogens is 148 g/mol. The Balaban J connectivity index is 3.16. The third-order valence-corrected chi connectivity index (χ3v) is 1.91. The third kappa shape index (κ3) is 1.63. The van der Waals surface area contributed by atoms with Gasteiger partial charge in [-0.2, -0.15) is 5.26 Å². The first kappa shape index (κ1) is 8.76. The van der Waals surface area contributed by atoms with Crippen molar-refractivity contribution in [2.45, 2.75) is 19.9 Å².